The average Bonchev–Trinajstić information content (AvgIpc) is 3.23. The highest BCUT2D eigenvalue weighted by atomic mass is 35.5. The van der Waals surface area contributed by atoms with Crippen LogP contribution in [0.15, 0.2) is 28.6 Å². The van der Waals surface area contributed by atoms with E-state index in [1.807, 2.05) is 18.2 Å². The Morgan fingerprint density at radius 3 is 2.91 bits per heavy atom. The van der Waals surface area contributed by atoms with Gasteiger partial charge < -0.3 is 10.1 Å². The predicted molar refractivity (Wildman–Crippen MR) is 88.6 cm³/mol. The highest BCUT2D eigenvalue weighted by Gasteiger charge is 2.27. The van der Waals surface area contributed by atoms with Crippen molar-refractivity contribution in [3.63, 3.8) is 0 Å². The van der Waals surface area contributed by atoms with Crippen LogP contribution < -0.4 is 5.32 Å². The summed E-state index contributed by atoms with van der Waals surface area (Å²) in [7, 11) is 1.37. The molecule has 1 unspecified atom stereocenters. The average molecular weight is 356 g/mol. The number of carbonyl (C=O) groups excluding carboxylic acids is 1. The minimum Gasteiger partial charge on any atom is -0.468 e. The molecule has 1 heterocycles. The number of nitrogens with one attached hydrogen (secondary N) is 1. The van der Waals surface area contributed by atoms with Crippen LogP contribution in [-0.4, -0.2) is 29.3 Å². The molecule has 22 heavy (non-hydrogen) atoms. The van der Waals surface area contributed by atoms with Crippen LogP contribution in [-0.2, 0) is 9.53 Å². The van der Waals surface area contributed by atoms with Crippen LogP contribution >= 0.6 is 34.7 Å². The Bertz CT molecular complexity index is 676. The fraction of sp³-hybridized carbons (Fsp3) is 0.357. The van der Waals surface area contributed by atoms with Crippen LogP contribution in [0.25, 0.3) is 0 Å². The summed E-state index contributed by atoms with van der Waals surface area (Å²) in [5.41, 5.74) is 0.716. The third kappa shape index (κ3) is 3.71. The van der Waals surface area contributed by atoms with E-state index >= 15 is 0 Å². The molecule has 0 aliphatic heterocycles. The molecule has 0 amide bonds. The number of thioether (sulfide) groups is 1. The van der Waals surface area contributed by atoms with Gasteiger partial charge in [-0.3, -0.25) is 4.79 Å². The molecule has 1 aliphatic rings. The fourth-order valence-corrected chi connectivity index (χ4v) is 4.25. The van der Waals surface area contributed by atoms with E-state index in [1.165, 1.54) is 43.1 Å². The second-order valence-corrected chi connectivity index (χ2v) is 7.57. The van der Waals surface area contributed by atoms with Crippen LogP contribution in [0.3, 0.4) is 0 Å². The van der Waals surface area contributed by atoms with Crippen molar-refractivity contribution in [2.45, 2.75) is 28.5 Å². The van der Waals surface area contributed by atoms with Gasteiger partial charge in [0.05, 0.1) is 7.11 Å². The van der Waals surface area contributed by atoms with Gasteiger partial charge in [-0.2, -0.15) is 0 Å². The number of methoxy groups -OCH3 is 1. The van der Waals surface area contributed by atoms with Gasteiger partial charge in [0.15, 0.2) is 4.34 Å². The Morgan fingerprint density at radius 1 is 1.45 bits per heavy atom. The Labute approximate surface area is 141 Å². The van der Waals surface area contributed by atoms with Crippen molar-refractivity contribution >= 4 is 45.8 Å². The van der Waals surface area contributed by atoms with E-state index < -0.39 is 5.25 Å². The summed E-state index contributed by atoms with van der Waals surface area (Å²) < 4.78 is 5.60. The third-order valence-electron chi connectivity index (χ3n) is 3.13. The number of aromatic nitrogens is 2. The second kappa shape index (κ2) is 6.85. The van der Waals surface area contributed by atoms with Crippen LogP contribution in [0.2, 0.25) is 5.02 Å². The number of nitrogens with zero attached hydrogens (tertiary/aromatic N) is 2. The van der Waals surface area contributed by atoms with Crippen LogP contribution in [0, 0.1) is 0 Å². The number of benzene rings is 1. The number of anilines is 1. The molecule has 1 N–H and O–H groups in total. The van der Waals surface area contributed by atoms with Gasteiger partial charge in [-0.05, 0) is 24.5 Å². The normalized spacial score (nSPS) is 15.4. The first kappa shape index (κ1) is 15.6. The van der Waals surface area contributed by atoms with Gasteiger partial charge in [-0.25, -0.2) is 0 Å². The molecule has 1 atom stereocenters. The number of ether oxygens (including phenoxy) is 1. The molecular weight excluding hydrogens is 342 g/mol. The smallest absolute Gasteiger partial charge is 0.323 e. The molecule has 0 bridgehead atoms. The molecule has 1 aromatic carbocycles. The van der Waals surface area contributed by atoms with E-state index in [1.54, 1.807) is 6.07 Å². The van der Waals surface area contributed by atoms with Crippen molar-refractivity contribution in [3.05, 3.63) is 34.9 Å². The minimum atomic E-state index is -0.555. The standard InChI is InChI=1S/C14H14ClN3O2S2/c1-20-12(19)11(9-4-2-3-5-10(9)15)21-14-18-17-13(22-14)16-8-6-7-8/h2-5,8,11H,6-7H2,1H3,(H,16,17). The van der Waals surface area contributed by atoms with Gasteiger partial charge in [0.2, 0.25) is 5.13 Å². The van der Waals surface area contributed by atoms with Gasteiger partial charge in [0.25, 0.3) is 0 Å². The fourth-order valence-electron chi connectivity index (χ4n) is 1.85. The van der Waals surface area contributed by atoms with Gasteiger partial charge in [-0.1, -0.05) is 52.9 Å². The van der Waals surface area contributed by atoms with Crippen molar-refractivity contribution in [1.29, 1.82) is 0 Å². The molecule has 8 heteroatoms. The third-order valence-corrected chi connectivity index (χ3v) is 5.63. The molecule has 5 nitrogen and oxygen atoms in total. The molecule has 116 valence electrons. The topological polar surface area (TPSA) is 64.1 Å². The Kier molecular flexibility index (Phi) is 4.85. The lowest BCUT2D eigenvalue weighted by atomic mass is 10.1. The summed E-state index contributed by atoms with van der Waals surface area (Å²) in [6, 6.07) is 7.77. The number of rotatable bonds is 6. The maximum absolute atomic E-state index is 12.1. The van der Waals surface area contributed by atoms with E-state index in [0.717, 1.165) is 5.13 Å². The van der Waals surface area contributed by atoms with Crippen LogP contribution in [0.1, 0.15) is 23.7 Å². The SMILES string of the molecule is COC(=O)C(Sc1nnc(NC2CC2)s1)c1ccccc1Cl. The van der Waals surface area contributed by atoms with Crippen molar-refractivity contribution < 1.29 is 9.53 Å². The monoisotopic (exact) mass is 355 g/mol. The Hall–Kier alpha value is -1.31. The second-order valence-electron chi connectivity index (χ2n) is 4.83. The zero-order valence-corrected chi connectivity index (χ0v) is 14.2. The number of halogens is 1. The largest absolute Gasteiger partial charge is 0.468 e. The highest BCUT2D eigenvalue weighted by molar-refractivity contribution is 8.01. The quantitative estimate of drug-likeness (QED) is 0.628. The van der Waals surface area contributed by atoms with E-state index in [0.29, 0.717) is 21.0 Å². The summed E-state index contributed by atoms with van der Waals surface area (Å²) in [5.74, 6) is -0.356. The number of esters is 1. The van der Waals surface area contributed by atoms with Crippen LogP contribution in [0.5, 0.6) is 0 Å². The lowest BCUT2D eigenvalue weighted by molar-refractivity contribution is -0.140. The molecule has 3 rings (SSSR count). The van der Waals surface area contributed by atoms with Gasteiger partial charge in [0, 0.05) is 11.1 Å². The number of hydrogen-bond acceptors (Lipinski definition) is 7. The first-order chi connectivity index (χ1) is 10.7. The van der Waals surface area contributed by atoms with Crippen molar-refractivity contribution in [2.24, 2.45) is 0 Å². The molecule has 2 aromatic rings. The molecule has 1 fully saturated rings. The summed E-state index contributed by atoms with van der Waals surface area (Å²) >= 11 is 8.94. The first-order valence-corrected chi connectivity index (χ1v) is 8.83. The zero-order valence-electron chi connectivity index (χ0n) is 11.8. The summed E-state index contributed by atoms with van der Waals surface area (Å²) in [4.78, 5) is 12.1. The van der Waals surface area contributed by atoms with Gasteiger partial charge in [-0.15, -0.1) is 10.2 Å². The molecule has 1 saturated carbocycles. The Morgan fingerprint density at radius 2 is 2.23 bits per heavy atom. The molecular formula is C14H14ClN3O2S2. The summed E-state index contributed by atoms with van der Waals surface area (Å²) in [6.07, 6.45) is 2.35. The van der Waals surface area contributed by atoms with Crippen LogP contribution in [0.4, 0.5) is 5.13 Å². The molecule has 0 radical (unpaired) electrons. The summed E-state index contributed by atoms with van der Waals surface area (Å²) in [6.45, 7) is 0. The van der Waals surface area contributed by atoms with Crippen molar-refractivity contribution in [3.8, 4) is 0 Å². The summed E-state index contributed by atoms with van der Waals surface area (Å²) in [5, 5.41) is 12.3. The maximum Gasteiger partial charge on any atom is 0.323 e. The first-order valence-electron chi connectivity index (χ1n) is 6.76. The minimum absolute atomic E-state index is 0.356. The molecule has 0 spiro atoms. The van der Waals surface area contributed by atoms with Crippen molar-refractivity contribution in [1.82, 2.24) is 10.2 Å². The maximum atomic E-state index is 12.1. The van der Waals surface area contributed by atoms with E-state index in [-0.39, 0.29) is 5.97 Å². The lowest BCUT2D eigenvalue weighted by Gasteiger charge is -2.14. The molecule has 1 aromatic heterocycles. The predicted octanol–water partition coefficient (Wildman–Crippen LogP) is 3.77. The molecule has 1 aliphatic carbocycles. The van der Waals surface area contributed by atoms with E-state index in [9.17, 15) is 4.79 Å². The van der Waals surface area contributed by atoms with Gasteiger partial charge in [0.1, 0.15) is 5.25 Å². The number of carbonyl (C=O) groups is 1. The Balaban J connectivity index is 1.79. The lowest BCUT2D eigenvalue weighted by Crippen LogP contribution is -2.11. The van der Waals surface area contributed by atoms with Gasteiger partial charge >= 0.3 is 5.97 Å². The highest BCUT2D eigenvalue weighted by Crippen LogP contribution is 2.41. The van der Waals surface area contributed by atoms with Crippen molar-refractivity contribution in [2.75, 3.05) is 12.4 Å². The zero-order chi connectivity index (χ0) is 15.5. The van der Waals surface area contributed by atoms with E-state index in [2.05, 4.69) is 15.5 Å². The molecule has 0 saturated heterocycles. The van der Waals surface area contributed by atoms with E-state index in [4.69, 9.17) is 16.3 Å². The number of hydrogen-bond donors (Lipinski definition) is 1.